The largest absolute Gasteiger partial charge is 0.377 e. The standard InChI is InChI=1S/C26H41NO4/c1-20(2)18-31-19-22-14-16-23(17-15-22)27-26(30)13-8-6-5-7-10-24(28)11-9-12-25(29)21(3)4/h14-17,20-21H,5-13,18-19H2,1-4H3,(H,27,30). The van der Waals surface area contributed by atoms with Gasteiger partial charge in [-0.05, 0) is 42.9 Å². The molecule has 1 amide bonds. The Kier molecular flexibility index (Phi) is 13.7. The molecule has 1 rings (SSSR count). The molecule has 0 aliphatic heterocycles. The number of unbranched alkanes of at least 4 members (excludes halogenated alkanes) is 3. The summed E-state index contributed by atoms with van der Waals surface area (Å²) in [6.45, 7) is 9.37. The van der Waals surface area contributed by atoms with Crippen molar-refractivity contribution in [2.24, 2.45) is 11.8 Å². The molecule has 0 aliphatic rings. The van der Waals surface area contributed by atoms with Gasteiger partial charge in [-0.15, -0.1) is 0 Å². The van der Waals surface area contributed by atoms with Gasteiger partial charge in [0.05, 0.1) is 6.61 Å². The van der Waals surface area contributed by atoms with Gasteiger partial charge in [0.2, 0.25) is 5.91 Å². The molecule has 0 aliphatic carbocycles. The molecule has 5 nitrogen and oxygen atoms in total. The zero-order chi connectivity index (χ0) is 23.1. The molecular formula is C26H41NO4. The highest BCUT2D eigenvalue weighted by molar-refractivity contribution is 5.90. The van der Waals surface area contributed by atoms with Crippen LogP contribution in [0.1, 0.15) is 91.0 Å². The van der Waals surface area contributed by atoms with E-state index in [0.29, 0.717) is 44.6 Å². The van der Waals surface area contributed by atoms with Crippen LogP contribution < -0.4 is 5.32 Å². The summed E-state index contributed by atoms with van der Waals surface area (Å²) in [5, 5.41) is 2.93. The third-order valence-electron chi connectivity index (χ3n) is 5.09. The number of amides is 1. The molecule has 174 valence electrons. The molecule has 0 fully saturated rings. The minimum atomic E-state index is 0.0229. The van der Waals surface area contributed by atoms with E-state index in [2.05, 4.69) is 19.2 Å². The molecule has 1 aromatic rings. The van der Waals surface area contributed by atoms with E-state index in [1.807, 2.05) is 38.1 Å². The highest BCUT2D eigenvalue weighted by atomic mass is 16.5. The lowest BCUT2D eigenvalue weighted by Crippen LogP contribution is -2.11. The molecule has 0 aromatic heterocycles. The predicted octanol–water partition coefficient (Wildman–Crippen LogP) is 6.10. The van der Waals surface area contributed by atoms with E-state index < -0.39 is 0 Å². The van der Waals surface area contributed by atoms with Crippen LogP contribution in [0.4, 0.5) is 5.69 Å². The summed E-state index contributed by atoms with van der Waals surface area (Å²) in [5.41, 5.74) is 1.90. The van der Waals surface area contributed by atoms with Gasteiger partial charge >= 0.3 is 0 Å². The minimum Gasteiger partial charge on any atom is -0.377 e. The summed E-state index contributed by atoms with van der Waals surface area (Å²) in [5.74, 6) is 1.08. The van der Waals surface area contributed by atoms with Crippen LogP contribution in [0.5, 0.6) is 0 Å². The SMILES string of the molecule is CC(C)COCc1ccc(NC(=O)CCCCCCC(=O)CCCC(=O)C(C)C)cc1. The van der Waals surface area contributed by atoms with Gasteiger partial charge in [-0.1, -0.05) is 52.7 Å². The Hall–Kier alpha value is -2.01. The smallest absolute Gasteiger partial charge is 0.224 e. The second-order valence-electron chi connectivity index (χ2n) is 9.08. The van der Waals surface area contributed by atoms with Crippen LogP contribution in [0.3, 0.4) is 0 Å². The van der Waals surface area contributed by atoms with Crippen LogP contribution in [0.25, 0.3) is 0 Å². The van der Waals surface area contributed by atoms with Crippen LogP contribution in [0.2, 0.25) is 0 Å². The third-order valence-corrected chi connectivity index (χ3v) is 5.09. The van der Waals surface area contributed by atoms with Gasteiger partial charge in [0, 0.05) is 43.9 Å². The molecule has 0 radical (unpaired) electrons. The zero-order valence-electron chi connectivity index (χ0n) is 19.9. The Morgan fingerprint density at radius 3 is 2.03 bits per heavy atom. The van der Waals surface area contributed by atoms with E-state index in [-0.39, 0.29) is 23.4 Å². The molecule has 1 N–H and O–H groups in total. The molecule has 0 heterocycles. The van der Waals surface area contributed by atoms with Gasteiger partial charge in [-0.25, -0.2) is 0 Å². The number of nitrogens with one attached hydrogen (secondary N) is 1. The molecule has 0 saturated heterocycles. The van der Waals surface area contributed by atoms with Crippen molar-refractivity contribution < 1.29 is 19.1 Å². The number of rotatable bonds is 17. The topological polar surface area (TPSA) is 72.5 Å². The minimum absolute atomic E-state index is 0.0229. The maximum Gasteiger partial charge on any atom is 0.224 e. The number of hydrogen-bond donors (Lipinski definition) is 1. The van der Waals surface area contributed by atoms with Crippen molar-refractivity contribution in [3.8, 4) is 0 Å². The molecule has 0 unspecified atom stereocenters. The van der Waals surface area contributed by atoms with Gasteiger partial charge in [0.25, 0.3) is 0 Å². The third kappa shape index (κ3) is 13.8. The maximum absolute atomic E-state index is 12.1. The van der Waals surface area contributed by atoms with Crippen molar-refractivity contribution in [2.75, 3.05) is 11.9 Å². The summed E-state index contributed by atoms with van der Waals surface area (Å²) in [4.78, 5) is 35.5. The van der Waals surface area contributed by atoms with E-state index in [0.717, 1.165) is 43.5 Å². The maximum atomic E-state index is 12.1. The van der Waals surface area contributed by atoms with Crippen LogP contribution >= 0.6 is 0 Å². The summed E-state index contributed by atoms with van der Waals surface area (Å²) in [6, 6.07) is 7.77. The normalized spacial score (nSPS) is 11.2. The van der Waals surface area contributed by atoms with E-state index >= 15 is 0 Å². The molecule has 0 saturated carbocycles. The van der Waals surface area contributed by atoms with Gasteiger partial charge in [-0.2, -0.15) is 0 Å². The van der Waals surface area contributed by atoms with E-state index in [1.54, 1.807) is 0 Å². The summed E-state index contributed by atoms with van der Waals surface area (Å²) in [6.07, 6.45) is 6.33. The van der Waals surface area contributed by atoms with E-state index in [4.69, 9.17) is 4.74 Å². The van der Waals surface area contributed by atoms with Crippen molar-refractivity contribution in [3.63, 3.8) is 0 Å². The number of hydrogen-bond acceptors (Lipinski definition) is 4. The van der Waals surface area contributed by atoms with Crippen molar-refractivity contribution in [1.29, 1.82) is 0 Å². The molecular weight excluding hydrogens is 390 g/mol. The number of Topliss-reactive ketones (excluding diaryl/α,β-unsaturated/α-hetero) is 2. The lowest BCUT2D eigenvalue weighted by molar-refractivity contribution is -0.122. The van der Waals surface area contributed by atoms with Gasteiger partial charge < -0.3 is 10.1 Å². The molecule has 0 bridgehead atoms. The Morgan fingerprint density at radius 2 is 1.42 bits per heavy atom. The second-order valence-corrected chi connectivity index (χ2v) is 9.08. The van der Waals surface area contributed by atoms with Crippen LogP contribution in [-0.4, -0.2) is 24.1 Å². The molecule has 31 heavy (non-hydrogen) atoms. The lowest BCUT2D eigenvalue weighted by atomic mass is 10.0. The highest BCUT2D eigenvalue weighted by Crippen LogP contribution is 2.13. The van der Waals surface area contributed by atoms with Gasteiger partial charge in [-0.3, -0.25) is 14.4 Å². The number of benzene rings is 1. The number of ketones is 2. The van der Waals surface area contributed by atoms with Crippen molar-refractivity contribution in [3.05, 3.63) is 29.8 Å². The van der Waals surface area contributed by atoms with Crippen molar-refractivity contribution in [1.82, 2.24) is 0 Å². The number of ether oxygens (including phenoxy) is 1. The zero-order valence-corrected chi connectivity index (χ0v) is 19.9. The Balaban J connectivity index is 2.08. The highest BCUT2D eigenvalue weighted by Gasteiger charge is 2.09. The average molecular weight is 432 g/mol. The van der Waals surface area contributed by atoms with Gasteiger partial charge in [0.15, 0.2) is 0 Å². The van der Waals surface area contributed by atoms with E-state index in [9.17, 15) is 14.4 Å². The van der Waals surface area contributed by atoms with E-state index in [1.165, 1.54) is 0 Å². The van der Waals surface area contributed by atoms with Crippen LogP contribution in [0.15, 0.2) is 24.3 Å². The fraction of sp³-hybridized carbons (Fsp3) is 0.654. The number of carbonyl (C=O) groups excluding carboxylic acids is 3. The summed E-state index contributed by atoms with van der Waals surface area (Å²) >= 11 is 0. The predicted molar refractivity (Wildman–Crippen MR) is 126 cm³/mol. The number of anilines is 1. The fourth-order valence-corrected chi connectivity index (χ4v) is 3.16. The first-order valence-electron chi connectivity index (χ1n) is 11.8. The average Bonchev–Trinajstić information content (AvgIpc) is 2.71. The first-order chi connectivity index (χ1) is 14.8. The Bertz CT molecular complexity index is 664. The molecule has 0 atom stereocenters. The second kappa shape index (κ2) is 15.7. The van der Waals surface area contributed by atoms with Gasteiger partial charge in [0.1, 0.15) is 11.6 Å². The lowest BCUT2D eigenvalue weighted by Gasteiger charge is -2.09. The Labute approximate surface area is 188 Å². The first-order valence-corrected chi connectivity index (χ1v) is 11.8. The fourth-order valence-electron chi connectivity index (χ4n) is 3.16. The molecule has 5 heteroatoms. The van der Waals surface area contributed by atoms with Crippen LogP contribution in [0, 0.1) is 11.8 Å². The van der Waals surface area contributed by atoms with Crippen LogP contribution in [-0.2, 0) is 25.7 Å². The summed E-state index contributed by atoms with van der Waals surface area (Å²) < 4.78 is 5.62. The monoisotopic (exact) mass is 431 g/mol. The molecule has 1 aromatic carbocycles. The molecule has 0 spiro atoms. The quantitative estimate of drug-likeness (QED) is 0.302. The Morgan fingerprint density at radius 1 is 0.806 bits per heavy atom. The van der Waals surface area contributed by atoms with Crippen molar-refractivity contribution >= 4 is 23.2 Å². The first kappa shape index (κ1) is 27.0. The summed E-state index contributed by atoms with van der Waals surface area (Å²) in [7, 11) is 0. The number of carbonyl (C=O) groups is 3. The van der Waals surface area contributed by atoms with Crippen molar-refractivity contribution in [2.45, 2.75) is 92.1 Å².